The molecule has 1 aromatic carbocycles. The number of hydrogen-bond donors (Lipinski definition) is 2. The van der Waals surface area contributed by atoms with Gasteiger partial charge >= 0.3 is 5.97 Å². The molecule has 1 aliphatic rings. The smallest absolute Gasteiger partial charge is 0.335 e. The quantitative estimate of drug-likeness (QED) is 0.904. The number of carboxylic acid groups (broad SMARTS) is 1. The van der Waals surface area contributed by atoms with E-state index in [1.807, 2.05) is 0 Å². The number of carbonyl (C=O) groups excluding carboxylic acids is 1. The molecule has 1 fully saturated rings. The molecular weight excluding hydrogens is 280 g/mol. The van der Waals surface area contributed by atoms with E-state index < -0.39 is 12.1 Å². The molecule has 2 heterocycles. The lowest BCUT2D eigenvalue weighted by atomic mass is 10.2. The Morgan fingerprint density at radius 2 is 2.30 bits per heavy atom. The molecule has 1 aliphatic heterocycles. The average molecular weight is 292 g/mol. The maximum atomic E-state index is 11.9. The number of carbonyl (C=O) groups is 2. The summed E-state index contributed by atoms with van der Waals surface area (Å²) in [5, 5.41) is 12.1. The van der Waals surface area contributed by atoms with E-state index in [0.29, 0.717) is 17.3 Å². The number of amides is 1. The van der Waals surface area contributed by atoms with Gasteiger partial charge in [-0.15, -0.1) is 0 Å². The van der Waals surface area contributed by atoms with Gasteiger partial charge in [0.2, 0.25) is 0 Å². The highest BCUT2D eigenvalue weighted by atomic mass is 32.1. The van der Waals surface area contributed by atoms with Crippen molar-refractivity contribution in [2.24, 2.45) is 0 Å². The third kappa shape index (κ3) is 2.50. The highest BCUT2D eigenvalue weighted by molar-refractivity contribution is 7.22. The Labute approximate surface area is 118 Å². The van der Waals surface area contributed by atoms with Gasteiger partial charge in [0.1, 0.15) is 6.10 Å². The Balaban J connectivity index is 1.81. The minimum absolute atomic E-state index is 0.194. The fourth-order valence-electron chi connectivity index (χ4n) is 2.08. The van der Waals surface area contributed by atoms with Gasteiger partial charge in [-0.25, -0.2) is 9.78 Å². The van der Waals surface area contributed by atoms with Gasteiger partial charge in [0.05, 0.1) is 15.8 Å². The molecule has 0 spiro atoms. The molecule has 2 N–H and O–H groups in total. The second-order valence-electron chi connectivity index (χ2n) is 4.50. The van der Waals surface area contributed by atoms with Crippen LogP contribution in [0.5, 0.6) is 0 Å². The lowest BCUT2D eigenvalue weighted by molar-refractivity contribution is -0.124. The summed E-state index contributed by atoms with van der Waals surface area (Å²) in [6, 6.07) is 4.68. The van der Waals surface area contributed by atoms with E-state index in [1.54, 1.807) is 12.1 Å². The third-order valence-electron chi connectivity index (χ3n) is 3.09. The molecular formula is C13H12N2O4S. The van der Waals surface area contributed by atoms with Crippen LogP contribution < -0.4 is 5.32 Å². The first kappa shape index (κ1) is 13.0. The summed E-state index contributed by atoms with van der Waals surface area (Å²) in [7, 11) is 0. The Morgan fingerprint density at radius 3 is 3.00 bits per heavy atom. The molecule has 0 aliphatic carbocycles. The normalized spacial score (nSPS) is 18.3. The Bertz CT molecular complexity index is 676. The molecule has 7 heteroatoms. The standard InChI is InChI=1S/C13H12N2O4S/c16-11(9-2-1-5-19-9)15-13-14-8-4-3-7(12(17)18)6-10(8)20-13/h3-4,6,9H,1-2,5H2,(H,17,18)(H,14,15,16)/t9-/m1/s1. The number of carboxylic acids is 1. The van der Waals surface area contributed by atoms with E-state index in [2.05, 4.69) is 10.3 Å². The molecule has 1 aromatic heterocycles. The van der Waals surface area contributed by atoms with Crippen molar-refractivity contribution in [2.75, 3.05) is 11.9 Å². The minimum Gasteiger partial charge on any atom is -0.478 e. The van der Waals surface area contributed by atoms with E-state index in [4.69, 9.17) is 9.84 Å². The van der Waals surface area contributed by atoms with Crippen molar-refractivity contribution in [3.63, 3.8) is 0 Å². The molecule has 1 amide bonds. The number of aromatic nitrogens is 1. The highest BCUT2D eigenvalue weighted by Crippen LogP contribution is 2.27. The van der Waals surface area contributed by atoms with Gasteiger partial charge in [0.25, 0.3) is 5.91 Å². The van der Waals surface area contributed by atoms with Gasteiger partial charge < -0.3 is 9.84 Å². The SMILES string of the molecule is O=C(O)c1ccc2nc(NC(=O)[C@H]3CCCO3)sc2c1. The van der Waals surface area contributed by atoms with E-state index in [1.165, 1.54) is 17.4 Å². The second-order valence-corrected chi connectivity index (χ2v) is 5.53. The van der Waals surface area contributed by atoms with Crippen molar-refractivity contribution >= 4 is 38.6 Å². The van der Waals surface area contributed by atoms with E-state index >= 15 is 0 Å². The van der Waals surface area contributed by atoms with Crippen molar-refractivity contribution in [2.45, 2.75) is 18.9 Å². The fourth-order valence-corrected chi connectivity index (χ4v) is 2.99. The van der Waals surface area contributed by atoms with Crippen LogP contribution in [0.4, 0.5) is 5.13 Å². The zero-order valence-corrected chi connectivity index (χ0v) is 11.3. The zero-order valence-electron chi connectivity index (χ0n) is 10.5. The van der Waals surface area contributed by atoms with Crippen LogP contribution in [0.1, 0.15) is 23.2 Å². The number of hydrogen-bond acceptors (Lipinski definition) is 5. The van der Waals surface area contributed by atoms with Gasteiger partial charge in [-0.3, -0.25) is 10.1 Å². The number of nitrogens with zero attached hydrogens (tertiary/aromatic N) is 1. The largest absolute Gasteiger partial charge is 0.478 e. The number of anilines is 1. The highest BCUT2D eigenvalue weighted by Gasteiger charge is 2.24. The van der Waals surface area contributed by atoms with Crippen LogP contribution >= 0.6 is 11.3 Å². The summed E-state index contributed by atoms with van der Waals surface area (Å²) < 4.78 is 6.03. The van der Waals surface area contributed by atoms with Crippen LogP contribution in [0.15, 0.2) is 18.2 Å². The summed E-state index contributed by atoms with van der Waals surface area (Å²) >= 11 is 1.25. The van der Waals surface area contributed by atoms with Crippen LogP contribution in [-0.2, 0) is 9.53 Å². The molecule has 0 radical (unpaired) electrons. The molecule has 0 saturated carbocycles. The van der Waals surface area contributed by atoms with Crippen molar-refractivity contribution in [3.8, 4) is 0 Å². The number of fused-ring (bicyclic) bond motifs is 1. The monoisotopic (exact) mass is 292 g/mol. The molecule has 1 saturated heterocycles. The van der Waals surface area contributed by atoms with Gasteiger partial charge in [-0.1, -0.05) is 11.3 Å². The van der Waals surface area contributed by atoms with Crippen LogP contribution in [0, 0.1) is 0 Å². The van der Waals surface area contributed by atoms with Crippen LogP contribution in [0.25, 0.3) is 10.2 Å². The zero-order chi connectivity index (χ0) is 14.1. The Kier molecular flexibility index (Phi) is 3.37. The molecule has 2 aromatic rings. The van der Waals surface area contributed by atoms with Crippen molar-refractivity contribution in [3.05, 3.63) is 23.8 Å². The summed E-state index contributed by atoms with van der Waals surface area (Å²) in [5.74, 6) is -1.18. The first-order valence-electron chi connectivity index (χ1n) is 6.20. The van der Waals surface area contributed by atoms with Gasteiger partial charge in [-0.05, 0) is 31.0 Å². The van der Waals surface area contributed by atoms with E-state index in [9.17, 15) is 9.59 Å². The molecule has 0 bridgehead atoms. The summed E-state index contributed by atoms with van der Waals surface area (Å²) in [6.07, 6.45) is 1.20. The van der Waals surface area contributed by atoms with Crippen molar-refractivity contribution in [1.29, 1.82) is 0 Å². The molecule has 3 rings (SSSR count). The predicted octanol–water partition coefficient (Wildman–Crippen LogP) is 2.11. The van der Waals surface area contributed by atoms with E-state index in [0.717, 1.165) is 17.5 Å². The fraction of sp³-hybridized carbons (Fsp3) is 0.308. The Morgan fingerprint density at radius 1 is 1.45 bits per heavy atom. The van der Waals surface area contributed by atoms with Crippen LogP contribution in [0.3, 0.4) is 0 Å². The van der Waals surface area contributed by atoms with Gasteiger partial charge in [0, 0.05) is 6.61 Å². The van der Waals surface area contributed by atoms with E-state index in [-0.39, 0.29) is 11.5 Å². The maximum Gasteiger partial charge on any atom is 0.335 e. The number of nitrogens with one attached hydrogen (secondary N) is 1. The third-order valence-corrected chi connectivity index (χ3v) is 4.02. The molecule has 104 valence electrons. The number of rotatable bonds is 3. The van der Waals surface area contributed by atoms with Crippen molar-refractivity contribution < 1.29 is 19.4 Å². The minimum atomic E-state index is -0.981. The lowest BCUT2D eigenvalue weighted by Crippen LogP contribution is -2.26. The summed E-state index contributed by atoms with van der Waals surface area (Å²) in [5.41, 5.74) is 0.876. The van der Waals surface area contributed by atoms with Gasteiger partial charge in [-0.2, -0.15) is 0 Å². The lowest BCUT2D eigenvalue weighted by Gasteiger charge is -2.07. The molecule has 20 heavy (non-hydrogen) atoms. The summed E-state index contributed by atoms with van der Waals surface area (Å²) in [6.45, 7) is 0.611. The van der Waals surface area contributed by atoms with Crippen LogP contribution in [0.2, 0.25) is 0 Å². The Hall–Kier alpha value is -1.99. The number of thiazole rings is 1. The molecule has 0 unspecified atom stereocenters. The molecule has 6 nitrogen and oxygen atoms in total. The number of ether oxygens (including phenoxy) is 1. The van der Waals surface area contributed by atoms with Crippen molar-refractivity contribution in [1.82, 2.24) is 4.98 Å². The number of aromatic carboxylic acids is 1. The first-order chi connectivity index (χ1) is 9.63. The topological polar surface area (TPSA) is 88.5 Å². The second kappa shape index (κ2) is 5.18. The van der Waals surface area contributed by atoms with Gasteiger partial charge in [0.15, 0.2) is 5.13 Å². The number of benzene rings is 1. The van der Waals surface area contributed by atoms with Crippen LogP contribution in [-0.4, -0.2) is 34.7 Å². The first-order valence-corrected chi connectivity index (χ1v) is 7.01. The average Bonchev–Trinajstić information content (AvgIpc) is 3.06. The maximum absolute atomic E-state index is 11.9. The molecule has 1 atom stereocenters. The predicted molar refractivity (Wildman–Crippen MR) is 74.2 cm³/mol. The summed E-state index contributed by atoms with van der Waals surface area (Å²) in [4.78, 5) is 27.1.